The van der Waals surface area contributed by atoms with E-state index in [0.29, 0.717) is 17.7 Å². The van der Waals surface area contributed by atoms with Crippen LogP contribution in [-0.4, -0.2) is 27.8 Å². The van der Waals surface area contributed by atoms with Crippen molar-refractivity contribution in [3.05, 3.63) is 46.8 Å². The molecule has 0 aliphatic rings. The van der Waals surface area contributed by atoms with Gasteiger partial charge in [-0.3, -0.25) is 14.3 Å². The van der Waals surface area contributed by atoms with E-state index >= 15 is 0 Å². The maximum absolute atomic E-state index is 12.2. The molecule has 1 N–H and O–H groups in total. The molecule has 1 aromatic heterocycles. The highest BCUT2D eigenvalue weighted by molar-refractivity contribution is 5.96. The van der Waals surface area contributed by atoms with Crippen LogP contribution in [-0.2, 0) is 27.8 Å². The van der Waals surface area contributed by atoms with Crippen molar-refractivity contribution in [1.82, 2.24) is 9.78 Å². The van der Waals surface area contributed by atoms with Crippen molar-refractivity contribution in [2.24, 2.45) is 7.05 Å². The van der Waals surface area contributed by atoms with Gasteiger partial charge in [0, 0.05) is 19.2 Å². The molecule has 2 aromatic rings. The van der Waals surface area contributed by atoms with Gasteiger partial charge in [0.05, 0.1) is 16.9 Å². The first-order valence-corrected chi connectivity index (χ1v) is 8.32. The SMILES string of the molecule is Cc1nn(C)c(C)c1CCC(=O)OC(C)C(=O)Nc1ccccc1C#N. The predicted molar refractivity (Wildman–Crippen MR) is 96.3 cm³/mol. The molecule has 7 nitrogen and oxygen atoms in total. The van der Waals surface area contributed by atoms with Crippen molar-refractivity contribution in [3.8, 4) is 6.07 Å². The number of amides is 1. The number of aromatic nitrogens is 2. The summed E-state index contributed by atoms with van der Waals surface area (Å²) < 4.78 is 6.98. The monoisotopic (exact) mass is 354 g/mol. The first kappa shape index (κ1) is 19.2. The summed E-state index contributed by atoms with van der Waals surface area (Å²) in [6.07, 6.45) is -0.277. The van der Waals surface area contributed by atoms with Crippen molar-refractivity contribution in [1.29, 1.82) is 5.26 Å². The maximum atomic E-state index is 12.2. The molecule has 0 spiro atoms. The molecule has 1 heterocycles. The summed E-state index contributed by atoms with van der Waals surface area (Å²) in [5.41, 5.74) is 3.65. The fourth-order valence-corrected chi connectivity index (χ4v) is 2.64. The maximum Gasteiger partial charge on any atom is 0.306 e. The molecule has 1 amide bonds. The summed E-state index contributed by atoms with van der Waals surface area (Å²) >= 11 is 0. The average molecular weight is 354 g/mol. The van der Waals surface area contributed by atoms with Gasteiger partial charge < -0.3 is 10.1 Å². The van der Waals surface area contributed by atoms with Gasteiger partial charge in [-0.05, 0) is 44.9 Å². The summed E-state index contributed by atoms with van der Waals surface area (Å²) in [6, 6.07) is 8.65. The zero-order chi connectivity index (χ0) is 19.3. The molecule has 0 bridgehead atoms. The second-order valence-corrected chi connectivity index (χ2v) is 6.05. The van der Waals surface area contributed by atoms with Gasteiger partial charge in [-0.2, -0.15) is 10.4 Å². The molecule has 136 valence electrons. The Kier molecular flexibility index (Phi) is 6.12. The lowest BCUT2D eigenvalue weighted by Crippen LogP contribution is -2.30. The number of rotatable bonds is 6. The van der Waals surface area contributed by atoms with Crippen LogP contribution in [0.2, 0.25) is 0 Å². The van der Waals surface area contributed by atoms with Crippen LogP contribution in [0.4, 0.5) is 5.69 Å². The van der Waals surface area contributed by atoms with Crippen LogP contribution in [0.15, 0.2) is 24.3 Å². The number of nitrogens with one attached hydrogen (secondary N) is 1. The molecule has 1 atom stereocenters. The minimum atomic E-state index is -0.953. The van der Waals surface area contributed by atoms with E-state index in [1.807, 2.05) is 27.0 Å². The molecular formula is C19H22N4O3. The number of aryl methyl sites for hydroxylation is 2. The molecule has 1 aromatic carbocycles. The normalized spacial score (nSPS) is 11.5. The van der Waals surface area contributed by atoms with Crippen molar-refractivity contribution < 1.29 is 14.3 Å². The van der Waals surface area contributed by atoms with Crippen LogP contribution in [0.25, 0.3) is 0 Å². The van der Waals surface area contributed by atoms with Crippen LogP contribution in [0.5, 0.6) is 0 Å². The molecule has 26 heavy (non-hydrogen) atoms. The minimum absolute atomic E-state index is 0.166. The van der Waals surface area contributed by atoms with E-state index < -0.39 is 18.0 Å². The van der Waals surface area contributed by atoms with E-state index in [2.05, 4.69) is 10.4 Å². The zero-order valence-corrected chi connectivity index (χ0v) is 15.4. The summed E-state index contributed by atoms with van der Waals surface area (Å²) in [6.45, 7) is 5.35. The highest BCUT2D eigenvalue weighted by Crippen LogP contribution is 2.16. The van der Waals surface area contributed by atoms with E-state index in [1.165, 1.54) is 6.92 Å². The van der Waals surface area contributed by atoms with Crippen molar-refractivity contribution in [2.45, 2.75) is 39.7 Å². The molecule has 0 saturated heterocycles. The number of benzene rings is 1. The third-order valence-corrected chi connectivity index (χ3v) is 4.22. The summed E-state index contributed by atoms with van der Waals surface area (Å²) in [5, 5.41) is 16.0. The smallest absolute Gasteiger partial charge is 0.306 e. The van der Waals surface area contributed by atoms with E-state index in [1.54, 1.807) is 28.9 Å². The molecular weight excluding hydrogens is 332 g/mol. The van der Waals surface area contributed by atoms with Crippen LogP contribution in [0.3, 0.4) is 0 Å². The number of nitrogens with zero attached hydrogens (tertiary/aromatic N) is 3. The molecule has 1 unspecified atom stereocenters. The largest absolute Gasteiger partial charge is 0.453 e. The Balaban J connectivity index is 1.90. The number of para-hydroxylation sites is 1. The molecule has 0 radical (unpaired) electrons. The summed E-state index contributed by atoms with van der Waals surface area (Å²) in [7, 11) is 1.86. The number of esters is 1. The van der Waals surface area contributed by atoms with Crippen LogP contribution in [0, 0.1) is 25.2 Å². The number of nitriles is 1. The highest BCUT2D eigenvalue weighted by Gasteiger charge is 2.19. The number of hydrogen-bond acceptors (Lipinski definition) is 5. The molecule has 0 saturated carbocycles. The van der Waals surface area contributed by atoms with Gasteiger partial charge in [0.2, 0.25) is 0 Å². The Hall–Kier alpha value is -3.14. The fraction of sp³-hybridized carbons (Fsp3) is 0.368. The van der Waals surface area contributed by atoms with Crippen molar-refractivity contribution >= 4 is 17.6 Å². The average Bonchev–Trinajstić information content (AvgIpc) is 2.85. The van der Waals surface area contributed by atoms with E-state index in [0.717, 1.165) is 17.0 Å². The standard InChI is InChI=1S/C19H22N4O3/c1-12-16(13(2)23(4)22-12)9-10-18(24)26-14(3)19(25)21-17-8-6-5-7-15(17)11-20/h5-8,14H,9-10H2,1-4H3,(H,21,25). The van der Waals surface area contributed by atoms with E-state index in [4.69, 9.17) is 10.00 Å². The molecule has 2 rings (SSSR count). The first-order valence-electron chi connectivity index (χ1n) is 8.32. The Bertz CT molecular complexity index is 864. The van der Waals surface area contributed by atoms with Gasteiger partial charge in [-0.15, -0.1) is 0 Å². The quantitative estimate of drug-likeness (QED) is 0.804. The minimum Gasteiger partial charge on any atom is -0.453 e. The molecule has 0 aliphatic carbocycles. The van der Waals surface area contributed by atoms with Crippen molar-refractivity contribution in [2.75, 3.05) is 5.32 Å². The first-order chi connectivity index (χ1) is 12.3. The Morgan fingerprint density at radius 2 is 2.04 bits per heavy atom. The summed E-state index contributed by atoms with van der Waals surface area (Å²) in [5.74, 6) is -0.932. The lowest BCUT2D eigenvalue weighted by atomic mass is 10.1. The zero-order valence-electron chi connectivity index (χ0n) is 15.4. The predicted octanol–water partition coefficient (Wildman–Crippen LogP) is 2.41. The number of anilines is 1. The number of hydrogen-bond donors (Lipinski definition) is 1. The molecule has 7 heteroatoms. The topological polar surface area (TPSA) is 97.0 Å². The van der Waals surface area contributed by atoms with Gasteiger partial charge in [0.15, 0.2) is 6.10 Å². The van der Waals surface area contributed by atoms with Crippen molar-refractivity contribution in [3.63, 3.8) is 0 Å². The van der Waals surface area contributed by atoms with Gasteiger partial charge in [0.25, 0.3) is 5.91 Å². The van der Waals surface area contributed by atoms with Gasteiger partial charge in [-0.1, -0.05) is 12.1 Å². The summed E-state index contributed by atoms with van der Waals surface area (Å²) in [4.78, 5) is 24.2. The van der Waals surface area contributed by atoms with Crippen LogP contribution < -0.4 is 5.32 Å². The van der Waals surface area contributed by atoms with Gasteiger partial charge in [0.1, 0.15) is 6.07 Å². The van der Waals surface area contributed by atoms with Gasteiger partial charge >= 0.3 is 5.97 Å². The fourth-order valence-electron chi connectivity index (χ4n) is 2.64. The van der Waals surface area contributed by atoms with E-state index in [9.17, 15) is 9.59 Å². The van der Waals surface area contributed by atoms with Crippen LogP contribution >= 0.6 is 0 Å². The Morgan fingerprint density at radius 3 is 2.65 bits per heavy atom. The number of carbonyl (C=O) groups excluding carboxylic acids is 2. The third kappa shape index (κ3) is 4.48. The second kappa shape index (κ2) is 8.30. The second-order valence-electron chi connectivity index (χ2n) is 6.05. The lowest BCUT2D eigenvalue weighted by Gasteiger charge is -2.14. The third-order valence-electron chi connectivity index (χ3n) is 4.22. The highest BCUT2D eigenvalue weighted by atomic mass is 16.5. The molecule has 0 fully saturated rings. The number of ether oxygens (including phenoxy) is 1. The number of carbonyl (C=O) groups is 2. The lowest BCUT2D eigenvalue weighted by molar-refractivity contribution is -0.153. The molecule has 0 aliphatic heterocycles. The Morgan fingerprint density at radius 1 is 1.35 bits per heavy atom. The van der Waals surface area contributed by atoms with Gasteiger partial charge in [-0.25, -0.2) is 0 Å². The Labute approximate surface area is 152 Å². The van der Waals surface area contributed by atoms with Crippen LogP contribution in [0.1, 0.15) is 35.9 Å². The van der Waals surface area contributed by atoms with E-state index in [-0.39, 0.29) is 6.42 Å².